The van der Waals surface area contributed by atoms with Gasteiger partial charge >= 0.3 is 0 Å². The van der Waals surface area contributed by atoms with Crippen molar-refractivity contribution < 1.29 is 8.42 Å². The maximum atomic E-state index is 12.1. The molecule has 1 fully saturated rings. The first-order valence-corrected chi connectivity index (χ1v) is 8.60. The summed E-state index contributed by atoms with van der Waals surface area (Å²) in [6, 6.07) is 7.88. The van der Waals surface area contributed by atoms with Gasteiger partial charge in [-0.15, -0.1) is 0 Å². The van der Waals surface area contributed by atoms with Gasteiger partial charge in [0, 0.05) is 21.8 Å². The molecule has 18 heavy (non-hydrogen) atoms. The molecule has 100 valence electrons. The van der Waals surface area contributed by atoms with Crippen LogP contribution in [0.15, 0.2) is 24.3 Å². The molecule has 1 saturated carbocycles. The number of nitrogens with one attached hydrogen (secondary N) is 2. The molecule has 0 bridgehead atoms. The summed E-state index contributed by atoms with van der Waals surface area (Å²) in [5.41, 5.74) is 0.625. The van der Waals surface area contributed by atoms with Gasteiger partial charge in [0.1, 0.15) is 0 Å². The van der Waals surface area contributed by atoms with Crippen molar-refractivity contribution >= 4 is 38.3 Å². The SMILES string of the molecule is CC(CNC1CC1)S(=O)(=O)Nc1cccc(I)c1. The molecule has 0 spiro atoms. The molecule has 0 saturated heterocycles. The fourth-order valence-corrected chi connectivity index (χ4v) is 3.06. The Labute approximate surface area is 122 Å². The van der Waals surface area contributed by atoms with Crippen LogP contribution in [0.3, 0.4) is 0 Å². The minimum atomic E-state index is -3.31. The van der Waals surface area contributed by atoms with Gasteiger partial charge in [0.15, 0.2) is 0 Å². The fourth-order valence-electron chi connectivity index (χ4n) is 1.55. The highest BCUT2D eigenvalue weighted by Gasteiger charge is 2.25. The summed E-state index contributed by atoms with van der Waals surface area (Å²) < 4.78 is 27.8. The van der Waals surface area contributed by atoms with Crippen molar-refractivity contribution in [2.24, 2.45) is 0 Å². The number of hydrogen-bond acceptors (Lipinski definition) is 3. The van der Waals surface area contributed by atoms with E-state index in [1.807, 2.05) is 18.2 Å². The lowest BCUT2D eigenvalue weighted by Gasteiger charge is -2.15. The van der Waals surface area contributed by atoms with Crippen molar-refractivity contribution in [1.82, 2.24) is 5.32 Å². The molecule has 2 rings (SSSR count). The van der Waals surface area contributed by atoms with Crippen LogP contribution in [0.4, 0.5) is 5.69 Å². The average Bonchev–Trinajstić information content (AvgIpc) is 3.08. The summed E-state index contributed by atoms with van der Waals surface area (Å²) in [6.07, 6.45) is 2.33. The van der Waals surface area contributed by atoms with Crippen molar-refractivity contribution in [3.63, 3.8) is 0 Å². The first kappa shape index (κ1) is 14.1. The molecule has 0 aliphatic heterocycles. The summed E-state index contributed by atoms with van der Waals surface area (Å²) in [4.78, 5) is 0. The molecule has 2 N–H and O–H groups in total. The minimum absolute atomic E-state index is 0.434. The molecule has 0 heterocycles. The molecular weight excluding hydrogens is 363 g/mol. The first-order valence-electron chi connectivity index (χ1n) is 5.98. The molecule has 6 heteroatoms. The highest BCUT2D eigenvalue weighted by atomic mass is 127. The van der Waals surface area contributed by atoms with Crippen LogP contribution in [0.2, 0.25) is 0 Å². The quantitative estimate of drug-likeness (QED) is 0.744. The molecule has 0 radical (unpaired) electrons. The Morgan fingerprint density at radius 1 is 1.44 bits per heavy atom. The standard InChI is InChI=1S/C12H17IN2O2S/c1-9(8-14-11-5-6-11)18(16,17)15-12-4-2-3-10(13)7-12/h2-4,7,9,11,14-15H,5-6,8H2,1H3. The highest BCUT2D eigenvalue weighted by molar-refractivity contribution is 14.1. The molecule has 1 aliphatic carbocycles. The van der Waals surface area contributed by atoms with Crippen LogP contribution < -0.4 is 10.0 Å². The Morgan fingerprint density at radius 2 is 2.17 bits per heavy atom. The average molecular weight is 380 g/mol. The molecule has 1 aliphatic rings. The predicted molar refractivity (Wildman–Crippen MR) is 82.2 cm³/mol. The van der Waals surface area contributed by atoms with Crippen molar-refractivity contribution in [1.29, 1.82) is 0 Å². The smallest absolute Gasteiger partial charge is 0.236 e. The van der Waals surface area contributed by atoms with E-state index in [4.69, 9.17) is 0 Å². The van der Waals surface area contributed by atoms with Gasteiger partial charge in [0.2, 0.25) is 10.0 Å². The Balaban J connectivity index is 1.96. The topological polar surface area (TPSA) is 58.2 Å². The summed E-state index contributed by atoms with van der Waals surface area (Å²) in [7, 11) is -3.31. The zero-order valence-electron chi connectivity index (χ0n) is 10.2. The Kier molecular flexibility index (Phi) is 4.50. The summed E-state index contributed by atoms with van der Waals surface area (Å²) in [6.45, 7) is 2.23. The lowest BCUT2D eigenvalue weighted by Crippen LogP contribution is -2.35. The van der Waals surface area contributed by atoms with Crippen LogP contribution in [0.25, 0.3) is 0 Å². The van der Waals surface area contributed by atoms with Gasteiger partial charge in [-0.3, -0.25) is 4.72 Å². The normalized spacial score (nSPS) is 17.4. The maximum Gasteiger partial charge on any atom is 0.236 e. The van der Waals surface area contributed by atoms with E-state index >= 15 is 0 Å². The van der Waals surface area contributed by atoms with Crippen molar-refractivity contribution in [3.05, 3.63) is 27.8 Å². The van der Waals surface area contributed by atoms with E-state index in [0.717, 1.165) is 16.4 Å². The van der Waals surface area contributed by atoms with Gasteiger partial charge in [0.25, 0.3) is 0 Å². The van der Waals surface area contributed by atoms with Crippen LogP contribution in [0, 0.1) is 3.57 Å². The summed E-state index contributed by atoms with van der Waals surface area (Å²) >= 11 is 2.16. The van der Waals surface area contributed by atoms with Crippen LogP contribution in [0.1, 0.15) is 19.8 Å². The van der Waals surface area contributed by atoms with Crippen LogP contribution in [-0.2, 0) is 10.0 Å². The van der Waals surface area contributed by atoms with Crippen molar-refractivity contribution in [2.75, 3.05) is 11.3 Å². The summed E-state index contributed by atoms with van der Waals surface area (Å²) in [5, 5.41) is 2.80. The van der Waals surface area contributed by atoms with Crippen LogP contribution in [0.5, 0.6) is 0 Å². The van der Waals surface area contributed by atoms with E-state index in [2.05, 4.69) is 32.6 Å². The molecule has 1 unspecified atom stereocenters. The molecule has 0 aromatic heterocycles. The van der Waals surface area contributed by atoms with Gasteiger partial charge in [-0.05, 0) is 60.6 Å². The van der Waals surface area contributed by atoms with Crippen LogP contribution in [-0.4, -0.2) is 26.3 Å². The fraction of sp³-hybridized carbons (Fsp3) is 0.500. The summed E-state index contributed by atoms with van der Waals surface area (Å²) in [5.74, 6) is 0. The van der Waals surface area contributed by atoms with E-state index in [9.17, 15) is 8.42 Å². The van der Waals surface area contributed by atoms with Gasteiger partial charge < -0.3 is 5.32 Å². The Hall–Kier alpha value is -0.340. The Morgan fingerprint density at radius 3 is 2.78 bits per heavy atom. The number of sulfonamides is 1. The Bertz CT molecular complexity index is 515. The number of hydrogen-bond donors (Lipinski definition) is 2. The van der Waals surface area contributed by atoms with Crippen molar-refractivity contribution in [2.45, 2.75) is 31.1 Å². The second-order valence-electron chi connectivity index (χ2n) is 4.65. The molecule has 1 atom stereocenters. The maximum absolute atomic E-state index is 12.1. The first-order chi connectivity index (χ1) is 8.47. The molecule has 4 nitrogen and oxygen atoms in total. The third kappa shape index (κ3) is 4.10. The van der Waals surface area contributed by atoms with E-state index in [1.54, 1.807) is 13.0 Å². The van der Waals surface area contributed by atoms with Gasteiger partial charge in [0.05, 0.1) is 5.25 Å². The van der Waals surface area contributed by atoms with E-state index in [1.165, 1.54) is 0 Å². The molecule has 1 aromatic carbocycles. The van der Waals surface area contributed by atoms with E-state index in [-0.39, 0.29) is 0 Å². The third-order valence-corrected chi connectivity index (χ3v) is 5.30. The van der Waals surface area contributed by atoms with E-state index in [0.29, 0.717) is 18.3 Å². The van der Waals surface area contributed by atoms with Gasteiger partial charge in [-0.25, -0.2) is 8.42 Å². The van der Waals surface area contributed by atoms with Crippen molar-refractivity contribution in [3.8, 4) is 0 Å². The molecule has 0 amide bonds. The largest absolute Gasteiger partial charge is 0.313 e. The predicted octanol–water partition coefficient (Wildman–Crippen LogP) is 2.17. The minimum Gasteiger partial charge on any atom is -0.313 e. The van der Waals surface area contributed by atoms with Gasteiger partial charge in [-0.2, -0.15) is 0 Å². The second-order valence-corrected chi connectivity index (χ2v) is 8.00. The van der Waals surface area contributed by atoms with Gasteiger partial charge in [-0.1, -0.05) is 6.07 Å². The molecular formula is C12H17IN2O2S. The molecule has 1 aromatic rings. The second kappa shape index (κ2) is 5.75. The highest BCUT2D eigenvalue weighted by Crippen LogP contribution is 2.19. The lowest BCUT2D eigenvalue weighted by atomic mass is 10.3. The monoisotopic (exact) mass is 380 g/mol. The number of anilines is 1. The lowest BCUT2D eigenvalue weighted by molar-refractivity contribution is 0.576. The van der Waals surface area contributed by atoms with E-state index < -0.39 is 15.3 Å². The zero-order chi connectivity index (χ0) is 13.2. The number of rotatable bonds is 6. The third-order valence-electron chi connectivity index (χ3n) is 2.89. The number of halogens is 1. The number of benzene rings is 1. The zero-order valence-corrected chi connectivity index (χ0v) is 13.2. The van der Waals surface area contributed by atoms with Crippen LogP contribution >= 0.6 is 22.6 Å².